The van der Waals surface area contributed by atoms with Crippen molar-refractivity contribution >= 4 is 28.5 Å². The number of pyridine rings is 1. The molecule has 3 heterocycles. The average molecular weight is 356 g/mol. The first-order valence-corrected chi connectivity index (χ1v) is 8.76. The van der Waals surface area contributed by atoms with E-state index in [4.69, 9.17) is 11.6 Å². The Balaban J connectivity index is 1.80. The lowest BCUT2D eigenvalue weighted by Crippen LogP contribution is -2.41. The van der Waals surface area contributed by atoms with Crippen LogP contribution in [0, 0.1) is 5.82 Å². The standard InChI is InChI=1S/C19H15ClFN3O/c20-13-10-11(3-6-14(13)21)16-17-15(2-1-7-22-17)24-9-8-23(12-4-5-12)19(25)18(16)24/h1-3,6-7,10,12H,4-5,8-9H2. The predicted octanol–water partition coefficient (Wildman–Crippen LogP) is 4.11. The molecule has 6 heteroatoms. The van der Waals surface area contributed by atoms with E-state index in [1.165, 1.54) is 6.07 Å². The van der Waals surface area contributed by atoms with Gasteiger partial charge in [0.2, 0.25) is 0 Å². The summed E-state index contributed by atoms with van der Waals surface area (Å²) in [6.45, 7) is 1.47. The van der Waals surface area contributed by atoms with Crippen molar-refractivity contribution in [2.45, 2.75) is 25.4 Å². The highest BCUT2D eigenvalue weighted by atomic mass is 35.5. The highest BCUT2D eigenvalue weighted by molar-refractivity contribution is 6.31. The minimum absolute atomic E-state index is 0.0298. The molecule has 0 N–H and O–H groups in total. The molecule has 2 aromatic heterocycles. The second-order valence-corrected chi connectivity index (χ2v) is 7.01. The number of halogens is 2. The van der Waals surface area contributed by atoms with E-state index < -0.39 is 5.82 Å². The van der Waals surface area contributed by atoms with Crippen LogP contribution in [-0.2, 0) is 6.54 Å². The Morgan fingerprint density at radius 3 is 2.80 bits per heavy atom. The molecule has 3 aromatic rings. The van der Waals surface area contributed by atoms with E-state index in [1.807, 2.05) is 21.6 Å². The van der Waals surface area contributed by atoms with Crippen LogP contribution in [0.4, 0.5) is 4.39 Å². The van der Waals surface area contributed by atoms with E-state index in [1.54, 1.807) is 18.3 Å². The van der Waals surface area contributed by atoms with Crippen LogP contribution in [0.25, 0.3) is 22.2 Å². The zero-order chi connectivity index (χ0) is 17.1. The maximum Gasteiger partial charge on any atom is 0.271 e. The van der Waals surface area contributed by atoms with Gasteiger partial charge in [0.15, 0.2) is 0 Å². The Morgan fingerprint density at radius 1 is 1.20 bits per heavy atom. The summed E-state index contributed by atoms with van der Waals surface area (Å²) in [6, 6.07) is 8.77. The third kappa shape index (κ3) is 2.19. The number of rotatable bonds is 2. The summed E-state index contributed by atoms with van der Waals surface area (Å²) in [4.78, 5) is 19.7. The molecule has 0 bridgehead atoms. The normalized spacial score (nSPS) is 17.2. The number of benzene rings is 1. The highest BCUT2D eigenvalue weighted by Gasteiger charge is 2.39. The van der Waals surface area contributed by atoms with Crippen molar-refractivity contribution in [1.82, 2.24) is 14.5 Å². The monoisotopic (exact) mass is 355 g/mol. The molecule has 0 saturated heterocycles. The molecule has 1 aliphatic carbocycles. The van der Waals surface area contributed by atoms with Crippen LogP contribution >= 0.6 is 11.6 Å². The zero-order valence-electron chi connectivity index (χ0n) is 13.4. The van der Waals surface area contributed by atoms with E-state index in [0.717, 1.165) is 48.1 Å². The molecule has 2 aliphatic rings. The number of fused-ring (bicyclic) bond motifs is 3. The molecular formula is C19H15ClFN3O. The summed E-state index contributed by atoms with van der Waals surface area (Å²) in [6.07, 6.45) is 3.86. The fourth-order valence-electron chi connectivity index (χ4n) is 3.73. The lowest BCUT2D eigenvalue weighted by molar-refractivity contribution is 0.0694. The first kappa shape index (κ1) is 14.9. The third-order valence-corrected chi connectivity index (χ3v) is 5.33. The van der Waals surface area contributed by atoms with E-state index >= 15 is 0 Å². The second-order valence-electron chi connectivity index (χ2n) is 6.60. The molecule has 1 saturated carbocycles. The van der Waals surface area contributed by atoms with Crippen LogP contribution in [0.15, 0.2) is 36.5 Å². The van der Waals surface area contributed by atoms with Gasteiger partial charge in [0.25, 0.3) is 5.91 Å². The molecule has 0 radical (unpaired) electrons. The Kier molecular flexibility index (Phi) is 3.16. The van der Waals surface area contributed by atoms with E-state index in [2.05, 4.69) is 4.98 Å². The van der Waals surface area contributed by atoms with E-state index in [9.17, 15) is 9.18 Å². The zero-order valence-corrected chi connectivity index (χ0v) is 14.1. The van der Waals surface area contributed by atoms with Crippen LogP contribution in [-0.4, -0.2) is 32.9 Å². The Morgan fingerprint density at radius 2 is 2.04 bits per heavy atom. The smallest absolute Gasteiger partial charge is 0.271 e. The van der Waals surface area contributed by atoms with Crippen molar-refractivity contribution in [2.75, 3.05) is 6.54 Å². The van der Waals surface area contributed by atoms with E-state index in [0.29, 0.717) is 11.7 Å². The van der Waals surface area contributed by atoms with Gasteiger partial charge in [-0.3, -0.25) is 9.78 Å². The van der Waals surface area contributed by atoms with Crippen molar-refractivity contribution in [3.05, 3.63) is 53.1 Å². The SMILES string of the molecule is O=C1c2c(-c3ccc(F)c(Cl)c3)c3ncccc3n2CCN1C1CC1. The number of amides is 1. The average Bonchev–Trinajstić information content (AvgIpc) is 3.40. The van der Waals surface area contributed by atoms with Crippen molar-refractivity contribution in [3.8, 4) is 11.1 Å². The summed E-state index contributed by atoms with van der Waals surface area (Å²) < 4.78 is 15.7. The van der Waals surface area contributed by atoms with Gasteiger partial charge in [-0.15, -0.1) is 0 Å². The number of carbonyl (C=O) groups is 1. The van der Waals surface area contributed by atoms with Gasteiger partial charge in [0.05, 0.1) is 16.1 Å². The number of aromatic nitrogens is 2. The minimum atomic E-state index is -0.471. The summed E-state index contributed by atoms with van der Waals surface area (Å²) in [5, 5.41) is 0.0452. The molecule has 1 aliphatic heterocycles. The Labute approximate surface area is 148 Å². The third-order valence-electron chi connectivity index (χ3n) is 5.04. The van der Waals surface area contributed by atoms with Crippen molar-refractivity contribution < 1.29 is 9.18 Å². The molecule has 5 rings (SSSR count). The fourth-order valence-corrected chi connectivity index (χ4v) is 3.91. The maximum atomic E-state index is 13.6. The summed E-state index contributed by atoms with van der Waals surface area (Å²) in [5.74, 6) is -0.441. The van der Waals surface area contributed by atoms with E-state index in [-0.39, 0.29) is 10.9 Å². The lowest BCUT2D eigenvalue weighted by atomic mass is 10.0. The highest BCUT2D eigenvalue weighted by Crippen LogP contribution is 2.39. The van der Waals surface area contributed by atoms with Crippen LogP contribution in [0.2, 0.25) is 5.02 Å². The molecule has 126 valence electrons. The quantitative estimate of drug-likeness (QED) is 0.693. The first-order chi connectivity index (χ1) is 12.1. The molecule has 0 atom stereocenters. The molecule has 4 nitrogen and oxygen atoms in total. The van der Waals surface area contributed by atoms with Crippen LogP contribution < -0.4 is 0 Å². The molecule has 1 amide bonds. The molecule has 0 spiro atoms. The van der Waals surface area contributed by atoms with Gasteiger partial charge in [-0.2, -0.15) is 0 Å². The van der Waals surface area contributed by atoms with Crippen LogP contribution in [0.5, 0.6) is 0 Å². The van der Waals surface area contributed by atoms with Gasteiger partial charge in [-0.05, 0) is 42.7 Å². The summed E-state index contributed by atoms with van der Waals surface area (Å²) in [5.41, 5.74) is 3.78. The van der Waals surface area contributed by atoms with Gasteiger partial charge in [0, 0.05) is 30.9 Å². The molecule has 1 aromatic carbocycles. The second kappa shape index (κ2) is 5.30. The van der Waals surface area contributed by atoms with Crippen LogP contribution in [0.3, 0.4) is 0 Å². The van der Waals surface area contributed by atoms with Gasteiger partial charge < -0.3 is 9.47 Å². The number of hydrogen-bond donors (Lipinski definition) is 0. The number of nitrogens with zero attached hydrogens (tertiary/aromatic N) is 3. The molecular weight excluding hydrogens is 341 g/mol. The summed E-state index contributed by atoms with van der Waals surface area (Å²) >= 11 is 5.99. The molecule has 0 unspecified atom stereocenters. The largest absolute Gasteiger partial charge is 0.333 e. The fraction of sp³-hybridized carbons (Fsp3) is 0.263. The first-order valence-electron chi connectivity index (χ1n) is 8.39. The maximum absolute atomic E-state index is 13.6. The number of hydrogen-bond acceptors (Lipinski definition) is 2. The van der Waals surface area contributed by atoms with Crippen molar-refractivity contribution in [2.24, 2.45) is 0 Å². The van der Waals surface area contributed by atoms with Gasteiger partial charge in [0.1, 0.15) is 11.5 Å². The molecule has 25 heavy (non-hydrogen) atoms. The summed E-state index contributed by atoms with van der Waals surface area (Å²) in [7, 11) is 0. The number of carbonyl (C=O) groups excluding carboxylic acids is 1. The minimum Gasteiger partial charge on any atom is -0.333 e. The topological polar surface area (TPSA) is 38.1 Å². The Hall–Kier alpha value is -2.40. The van der Waals surface area contributed by atoms with Gasteiger partial charge >= 0.3 is 0 Å². The van der Waals surface area contributed by atoms with Gasteiger partial charge in [-0.1, -0.05) is 17.7 Å². The molecule has 1 fully saturated rings. The Bertz CT molecular complexity index is 1020. The van der Waals surface area contributed by atoms with Gasteiger partial charge in [-0.25, -0.2) is 4.39 Å². The van der Waals surface area contributed by atoms with Crippen molar-refractivity contribution in [3.63, 3.8) is 0 Å². The van der Waals surface area contributed by atoms with Crippen molar-refractivity contribution in [1.29, 1.82) is 0 Å². The predicted molar refractivity (Wildman–Crippen MR) is 94.2 cm³/mol. The van der Waals surface area contributed by atoms with Crippen LogP contribution in [0.1, 0.15) is 23.3 Å². The lowest BCUT2D eigenvalue weighted by Gasteiger charge is -2.29.